The highest BCUT2D eigenvalue weighted by atomic mass is 19.1. The monoisotopic (exact) mass is 341 g/mol. The summed E-state index contributed by atoms with van der Waals surface area (Å²) in [5.74, 6) is -0.357. The molecule has 0 saturated heterocycles. The van der Waals surface area contributed by atoms with Gasteiger partial charge in [0.05, 0.1) is 5.69 Å². The molecule has 0 bridgehead atoms. The van der Waals surface area contributed by atoms with Gasteiger partial charge in [0.2, 0.25) is 5.91 Å². The molecule has 0 aliphatic carbocycles. The maximum atomic E-state index is 13.5. The van der Waals surface area contributed by atoms with Crippen molar-refractivity contribution in [2.24, 2.45) is 0 Å². The second kappa shape index (κ2) is 7.34. The van der Waals surface area contributed by atoms with Crippen molar-refractivity contribution in [2.45, 2.75) is 26.3 Å². The molecule has 2 aromatic carbocycles. The Bertz CT molecular complexity index is 807. The molecule has 0 atom stereocenters. The summed E-state index contributed by atoms with van der Waals surface area (Å²) >= 11 is 0. The Labute approximate surface area is 145 Å². The molecule has 6 heteroatoms. The predicted molar refractivity (Wildman–Crippen MR) is 95.0 cm³/mol. The molecule has 0 spiro atoms. The average Bonchev–Trinajstić information content (AvgIpc) is 3.04. The van der Waals surface area contributed by atoms with Gasteiger partial charge in [-0.2, -0.15) is 0 Å². The first kappa shape index (κ1) is 17.0. The molecule has 2 N–H and O–H groups in total. The fourth-order valence-electron chi connectivity index (χ4n) is 2.93. The summed E-state index contributed by atoms with van der Waals surface area (Å²) in [5.41, 5.74) is 3.14. The molecule has 1 aliphatic heterocycles. The second-order valence-corrected chi connectivity index (χ2v) is 5.90. The van der Waals surface area contributed by atoms with Gasteiger partial charge in [-0.3, -0.25) is 4.79 Å². The largest absolute Gasteiger partial charge is 0.334 e. The van der Waals surface area contributed by atoms with E-state index < -0.39 is 11.8 Å². The third-order valence-corrected chi connectivity index (χ3v) is 4.22. The van der Waals surface area contributed by atoms with E-state index >= 15 is 0 Å². The Morgan fingerprint density at radius 2 is 2.00 bits per heavy atom. The minimum atomic E-state index is -0.476. The van der Waals surface area contributed by atoms with Crippen LogP contribution in [-0.4, -0.2) is 18.5 Å². The highest BCUT2D eigenvalue weighted by molar-refractivity contribution is 5.95. The van der Waals surface area contributed by atoms with Crippen molar-refractivity contribution < 1.29 is 14.0 Å². The molecule has 3 amide bonds. The number of amides is 3. The number of nitrogens with zero attached hydrogens (tertiary/aromatic N) is 1. The Hall–Kier alpha value is -2.89. The smallest absolute Gasteiger partial charge is 0.319 e. The highest BCUT2D eigenvalue weighted by Gasteiger charge is 2.23. The van der Waals surface area contributed by atoms with E-state index in [1.807, 2.05) is 25.1 Å². The van der Waals surface area contributed by atoms with Crippen molar-refractivity contribution in [3.8, 4) is 0 Å². The van der Waals surface area contributed by atoms with E-state index in [-0.39, 0.29) is 11.6 Å². The minimum absolute atomic E-state index is 0.119. The Morgan fingerprint density at radius 1 is 1.20 bits per heavy atom. The molecule has 0 aromatic heterocycles. The van der Waals surface area contributed by atoms with Crippen molar-refractivity contribution in [1.82, 2.24) is 5.32 Å². The molecular formula is C19H20FN3O2. The van der Waals surface area contributed by atoms with Crippen LogP contribution in [0.1, 0.15) is 24.5 Å². The summed E-state index contributed by atoms with van der Waals surface area (Å²) in [4.78, 5) is 25.6. The van der Waals surface area contributed by atoms with Crippen molar-refractivity contribution in [3.05, 3.63) is 59.4 Å². The number of halogens is 1. The van der Waals surface area contributed by atoms with Crippen LogP contribution in [0.2, 0.25) is 0 Å². The van der Waals surface area contributed by atoms with Crippen LogP contribution in [0.5, 0.6) is 0 Å². The van der Waals surface area contributed by atoms with Crippen LogP contribution >= 0.6 is 0 Å². The zero-order valence-corrected chi connectivity index (χ0v) is 14.0. The lowest BCUT2D eigenvalue weighted by Gasteiger charge is -2.16. The van der Waals surface area contributed by atoms with Crippen LogP contribution in [-0.2, 0) is 17.8 Å². The first-order valence-electron chi connectivity index (χ1n) is 8.30. The number of nitrogens with one attached hydrogen (secondary N) is 2. The van der Waals surface area contributed by atoms with Crippen molar-refractivity contribution in [3.63, 3.8) is 0 Å². The van der Waals surface area contributed by atoms with Gasteiger partial charge < -0.3 is 15.5 Å². The van der Waals surface area contributed by atoms with Gasteiger partial charge in [-0.05, 0) is 35.7 Å². The van der Waals surface area contributed by atoms with E-state index in [4.69, 9.17) is 0 Å². The van der Waals surface area contributed by atoms with E-state index in [0.717, 1.165) is 23.2 Å². The molecule has 5 nitrogen and oxygen atoms in total. The Morgan fingerprint density at radius 3 is 2.76 bits per heavy atom. The fourth-order valence-corrected chi connectivity index (χ4v) is 2.93. The van der Waals surface area contributed by atoms with Gasteiger partial charge in [-0.15, -0.1) is 0 Å². The molecule has 25 heavy (non-hydrogen) atoms. The molecular weight excluding hydrogens is 321 g/mol. The van der Waals surface area contributed by atoms with Crippen LogP contribution < -0.4 is 15.5 Å². The van der Waals surface area contributed by atoms with Gasteiger partial charge in [0.25, 0.3) is 0 Å². The number of hydrogen-bond donors (Lipinski definition) is 2. The summed E-state index contributed by atoms with van der Waals surface area (Å²) in [6, 6.07) is 11.4. The number of hydrogen-bond acceptors (Lipinski definition) is 2. The van der Waals surface area contributed by atoms with Gasteiger partial charge in [-0.25, -0.2) is 9.18 Å². The number of benzene rings is 2. The standard InChI is InChI=1S/C19H20FN3O2/c1-2-18(24)23-10-9-14-11-13(7-8-17(14)23)12-21-19(25)22-16-6-4-3-5-15(16)20/h3-8,11H,2,9-10,12H2,1H3,(H2,21,22,25). The zero-order valence-electron chi connectivity index (χ0n) is 14.0. The number of urea groups is 1. The van der Waals surface area contributed by atoms with Crippen molar-refractivity contribution in [1.29, 1.82) is 0 Å². The first-order valence-corrected chi connectivity index (χ1v) is 8.30. The SMILES string of the molecule is CCC(=O)N1CCc2cc(CNC(=O)Nc3ccccc3F)ccc21. The van der Waals surface area contributed by atoms with E-state index in [1.54, 1.807) is 17.0 Å². The zero-order chi connectivity index (χ0) is 17.8. The fraction of sp³-hybridized carbons (Fsp3) is 0.263. The normalized spacial score (nSPS) is 12.6. The molecule has 2 aromatic rings. The van der Waals surface area contributed by atoms with Crippen molar-refractivity contribution in [2.75, 3.05) is 16.8 Å². The maximum absolute atomic E-state index is 13.5. The molecule has 3 rings (SSSR count). The van der Waals surface area contributed by atoms with Crippen LogP contribution in [0.15, 0.2) is 42.5 Å². The number of anilines is 2. The molecule has 0 unspecified atom stereocenters. The van der Waals surface area contributed by atoms with E-state index in [0.29, 0.717) is 19.5 Å². The van der Waals surface area contributed by atoms with E-state index in [1.165, 1.54) is 12.1 Å². The summed E-state index contributed by atoms with van der Waals surface area (Å²) < 4.78 is 13.5. The molecule has 1 heterocycles. The maximum Gasteiger partial charge on any atom is 0.319 e. The third kappa shape index (κ3) is 3.79. The number of para-hydroxylation sites is 1. The van der Waals surface area contributed by atoms with Gasteiger partial charge in [0.15, 0.2) is 0 Å². The summed E-state index contributed by atoms with van der Waals surface area (Å²) in [5, 5.41) is 5.20. The highest BCUT2D eigenvalue weighted by Crippen LogP contribution is 2.29. The van der Waals surface area contributed by atoms with Crippen LogP contribution in [0.4, 0.5) is 20.6 Å². The third-order valence-electron chi connectivity index (χ3n) is 4.22. The predicted octanol–water partition coefficient (Wildman–Crippen LogP) is 3.45. The summed E-state index contributed by atoms with van der Waals surface area (Å²) in [7, 11) is 0. The average molecular weight is 341 g/mol. The Balaban J connectivity index is 1.60. The Kier molecular flexibility index (Phi) is 4.97. The van der Waals surface area contributed by atoms with E-state index in [2.05, 4.69) is 10.6 Å². The number of carbonyl (C=O) groups is 2. The number of carbonyl (C=O) groups excluding carboxylic acids is 2. The van der Waals surface area contributed by atoms with E-state index in [9.17, 15) is 14.0 Å². The lowest BCUT2D eigenvalue weighted by molar-refractivity contribution is -0.118. The van der Waals surface area contributed by atoms with Crippen LogP contribution in [0.25, 0.3) is 0 Å². The summed E-state index contributed by atoms with van der Waals surface area (Å²) in [6.45, 7) is 2.88. The minimum Gasteiger partial charge on any atom is -0.334 e. The molecule has 0 saturated carbocycles. The van der Waals surface area contributed by atoms with Gasteiger partial charge in [0.1, 0.15) is 5.82 Å². The topological polar surface area (TPSA) is 61.4 Å². The van der Waals surface area contributed by atoms with Gasteiger partial charge in [-0.1, -0.05) is 31.2 Å². The lowest BCUT2D eigenvalue weighted by atomic mass is 10.1. The van der Waals surface area contributed by atoms with Gasteiger partial charge >= 0.3 is 6.03 Å². The number of rotatable bonds is 4. The molecule has 130 valence electrons. The lowest BCUT2D eigenvalue weighted by Crippen LogP contribution is -2.28. The first-order chi connectivity index (χ1) is 12.1. The second-order valence-electron chi connectivity index (χ2n) is 5.90. The van der Waals surface area contributed by atoms with Gasteiger partial charge in [0, 0.05) is 25.2 Å². The quantitative estimate of drug-likeness (QED) is 0.895. The molecule has 1 aliphatic rings. The summed E-state index contributed by atoms with van der Waals surface area (Å²) in [6.07, 6.45) is 1.30. The molecule has 0 fully saturated rings. The van der Waals surface area contributed by atoms with Crippen LogP contribution in [0, 0.1) is 5.82 Å². The molecule has 0 radical (unpaired) electrons. The van der Waals surface area contributed by atoms with Crippen LogP contribution in [0.3, 0.4) is 0 Å². The van der Waals surface area contributed by atoms with Crippen molar-refractivity contribution >= 4 is 23.3 Å². The number of fused-ring (bicyclic) bond motifs is 1.